The van der Waals surface area contributed by atoms with E-state index in [1.807, 2.05) is 42.6 Å². The molecule has 0 saturated heterocycles. The standard InChI is InChI=1S/C33H37ClN2O/c1-6-8-17-36(5)22-27-21-35-32(34)20-31(27)33(37,28-15-13-23(3)30(7-2)24(4)18-28)29-16-14-25-11-9-10-12-26(25)19-29/h7,9-16,18-21,24,37H,2,6,8,17,22H2,1,3-5H3. The monoisotopic (exact) mass is 512 g/mol. The Morgan fingerprint density at radius 3 is 2.62 bits per heavy atom. The van der Waals surface area contributed by atoms with Gasteiger partial charge in [0.2, 0.25) is 0 Å². The fourth-order valence-electron chi connectivity index (χ4n) is 5.28. The minimum atomic E-state index is -1.43. The van der Waals surface area contributed by atoms with Crippen LogP contribution < -0.4 is 0 Å². The predicted molar refractivity (Wildman–Crippen MR) is 157 cm³/mol. The van der Waals surface area contributed by atoms with E-state index in [0.717, 1.165) is 63.6 Å². The first kappa shape index (κ1) is 27.1. The van der Waals surface area contributed by atoms with Gasteiger partial charge in [0.15, 0.2) is 0 Å². The number of fused-ring (bicyclic) bond motifs is 1. The Morgan fingerprint density at radius 2 is 1.89 bits per heavy atom. The van der Waals surface area contributed by atoms with E-state index < -0.39 is 5.60 Å². The highest BCUT2D eigenvalue weighted by molar-refractivity contribution is 6.29. The maximum atomic E-state index is 13.0. The highest BCUT2D eigenvalue weighted by atomic mass is 35.5. The second-order valence-electron chi connectivity index (χ2n) is 10.1. The number of nitrogens with zero attached hydrogens (tertiary/aromatic N) is 2. The number of hydrogen-bond acceptors (Lipinski definition) is 3. The summed E-state index contributed by atoms with van der Waals surface area (Å²) in [6.45, 7) is 12.1. The minimum Gasteiger partial charge on any atom is -0.376 e. The molecule has 0 amide bonds. The summed E-state index contributed by atoms with van der Waals surface area (Å²) >= 11 is 6.50. The molecule has 1 aliphatic carbocycles. The Kier molecular flexibility index (Phi) is 8.49. The van der Waals surface area contributed by atoms with Gasteiger partial charge in [0.05, 0.1) is 0 Å². The third-order valence-electron chi connectivity index (χ3n) is 7.37. The maximum Gasteiger partial charge on any atom is 0.140 e. The first-order valence-electron chi connectivity index (χ1n) is 13.1. The molecule has 1 N–H and O–H groups in total. The summed E-state index contributed by atoms with van der Waals surface area (Å²) in [5.74, 6) is 0.0856. The summed E-state index contributed by atoms with van der Waals surface area (Å²) in [5, 5.41) is 15.5. The van der Waals surface area contributed by atoms with Crippen molar-refractivity contribution in [3.8, 4) is 0 Å². The lowest BCUT2D eigenvalue weighted by molar-refractivity contribution is 0.122. The zero-order valence-electron chi connectivity index (χ0n) is 22.3. The average molecular weight is 513 g/mol. The molecule has 4 heteroatoms. The number of pyridine rings is 1. The van der Waals surface area contributed by atoms with E-state index in [9.17, 15) is 5.11 Å². The van der Waals surface area contributed by atoms with Crippen LogP contribution in [0.2, 0.25) is 5.15 Å². The molecule has 2 atom stereocenters. The van der Waals surface area contributed by atoms with Crippen LogP contribution in [0.4, 0.5) is 0 Å². The molecule has 192 valence electrons. The van der Waals surface area contributed by atoms with Crippen molar-refractivity contribution in [2.45, 2.75) is 45.8 Å². The largest absolute Gasteiger partial charge is 0.376 e. The van der Waals surface area contributed by atoms with Crippen LogP contribution >= 0.6 is 11.6 Å². The van der Waals surface area contributed by atoms with Gasteiger partial charge >= 0.3 is 0 Å². The van der Waals surface area contributed by atoms with Crippen molar-refractivity contribution >= 4 is 22.4 Å². The van der Waals surface area contributed by atoms with Crippen LogP contribution in [0.3, 0.4) is 0 Å². The summed E-state index contributed by atoms with van der Waals surface area (Å²) in [7, 11) is 2.11. The van der Waals surface area contributed by atoms with Crippen molar-refractivity contribution in [1.29, 1.82) is 0 Å². The number of allylic oxidation sites excluding steroid dienone is 5. The SMILES string of the molecule is C=CC1=C(C)C=CC(C(O)(c2ccc3ccccc3c2)c2cc(Cl)ncc2CN(C)CCCC)=CC1C. The van der Waals surface area contributed by atoms with Crippen LogP contribution in [-0.4, -0.2) is 28.6 Å². The molecule has 0 bridgehead atoms. The lowest BCUT2D eigenvalue weighted by Crippen LogP contribution is -2.32. The van der Waals surface area contributed by atoms with Crippen LogP contribution in [-0.2, 0) is 12.1 Å². The summed E-state index contributed by atoms with van der Waals surface area (Å²) < 4.78 is 0. The molecule has 0 aliphatic heterocycles. The topological polar surface area (TPSA) is 36.4 Å². The third kappa shape index (κ3) is 5.65. The van der Waals surface area contributed by atoms with Crippen LogP contribution in [0.25, 0.3) is 10.8 Å². The Balaban J connectivity index is 1.96. The van der Waals surface area contributed by atoms with Crippen molar-refractivity contribution in [3.05, 3.63) is 124 Å². The van der Waals surface area contributed by atoms with E-state index in [1.54, 1.807) is 0 Å². The lowest BCUT2D eigenvalue weighted by atomic mass is 9.76. The van der Waals surface area contributed by atoms with Crippen LogP contribution in [0.5, 0.6) is 0 Å². The van der Waals surface area contributed by atoms with Crippen LogP contribution in [0, 0.1) is 5.92 Å². The third-order valence-corrected chi connectivity index (χ3v) is 7.58. The highest BCUT2D eigenvalue weighted by Gasteiger charge is 2.38. The molecule has 0 spiro atoms. The molecule has 3 aromatic rings. The van der Waals surface area contributed by atoms with Gasteiger partial charge < -0.3 is 10.0 Å². The summed E-state index contributed by atoms with van der Waals surface area (Å²) in [4.78, 5) is 6.69. The molecule has 1 aromatic heterocycles. The summed E-state index contributed by atoms with van der Waals surface area (Å²) in [6, 6.07) is 16.3. The maximum absolute atomic E-state index is 13.0. The average Bonchev–Trinajstić information content (AvgIpc) is 3.04. The smallest absolute Gasteiger partial charge is 0.140 e. The molecular formula is C33H37ClN2O. The van der Waals surface area contributed by atoms with Gasteiger partial charge in [0, 0.05) is 18.3 Å². The highest BCUT2D eigenvalue weighted by Crippen LogP contribution is 2.43. The Labute approximate surface area is 226 Å². The number of aromatic nitrogens is 1. The number of unbranched alkanes of at least 4 members (excludes halogenated alkanes) is 1. The van der Waals surface area contributed by atoms with E-state index in [2.05, 4.69) is 80.7 Å². The van der Waals surface area contributed by atoms with E-state index in [4.69, 9.17) is 11.6 Å². The summed E-state index contributed by atoms with van der Waals surface area (Å²) in [6.07, 6.45) is 12.2. The molecule has 2 unspecified atom stereocenters. The second kappa shape index (κ2) is 11.6. The fourth-order valence-corrected chi connectivity index (χ4v) is 5.44. The quantitative estimate of drug-likeness (QED) is 0.295. The molecule has 1 aliphatic rings. The number of halogens is 1. The number of hydrogen-bond donors (Lipinski definition) is 1. The fraction of sp³-hybridized carbons (Fsp3) is 0.303. The zero-order valence-corrected chi connectivity index (χ0v) is 23.1. The van der Waals surface area contributed by atoms with Gasteiger partial charge in [-0.15, -0.1) is 0 Å². The van der Waals surface area contributed by atoms with Gasteiger partial charge in [-0.3, -0.25) is 0 Å². The Bertz CT molecular complexity index is 1390. The summed E-state index contributed by atoms with van der Waals surface area (Å²) in [5.41, 5.74) is 4.19. The van der Waals surface area contributed by atoms with Crippen molar-refractivity contribution in [2.75, 3.05) is 13.6 Å². The lowest BCUT2D eigenvalue weighted by Gasteiger charge is -2.34. The molecule has 3 nitrogen and oxygen atoms in total. The van der Waals surface area contributed by atoms with Gasteiger partial charge in [-0.25, -0.2) is 4.98 Å². The van der Waals surface area contributed by atoms with Gasteiger partial charge in [-0.2, -0.15) is 0 Å². The van der Waals surface area contributed by atoms with Crippen molar-refractivity contribution in [1.82, 2.24) is 9.88 Å². The van der Waals surface area contributed by atoms with Gasteiger partial charge in [0.25, 0.3) is 0 Å². The van der Waals surface area contributed by atoms with E-state index in [0.29, 0.717) is 11.7 Å². The molecule has 37 heavy (non-hydrogen) atoms. The van der Waals surface area contributed by atoms with Crippen LogP contribution in [0.15, 0.2) is 102 Å². The molecule has 0 radical (unpaired) electrons. The molecule has 0 saturated carbocycles. The first-order valence-corrected chi connectivity index (χ1v) is 13.4. The van der Waals surface area contributed by atoms with Crippen molar-refractivity contribution < 1.29 is 5.11 Å². The van der Waals surface area contributed by atoms with Crippen LogP contribution in [0.1, 0.15) is 50.3 Å². The predicted octanol–water partition coefficient (Wildman–Crippen LogP) is 7.99. The molecular weight excluding hydrogens is 476 g/mol. The first-order chi connectivity index (χ1) is 17.8. The molecule has 2 aromatic carbocycles. The van der Waals surface area contributed by atoms with Gasteiger partial charge in [0.1, 0.15) is 10.8 Å². The van der Waals surface area contributed by atoms with Crippen molar-refractivity contribution in [2.24, 2.45) is 5.92 Å². The van der Waals surface area contributed by atoms with Crippen molar-refractivity contribution in [3.63, 3.8) is 0 Å². The second-order valence-corrected chi connectivity index (χ2v) is 10.5. The number of benzene rings is 2. The van der Waals surface area contributed by atoms with Gasteiger partial charge in [-0.1, -0.05) is 99.2 Å². The number of aliphatic hydroxyl groups is 1. The molecule has 1 heterocycles. The van der Waals surface area contributed by atoms with E-state index >= 15 is 0 Å². The molecule has 4 rings (SSSR count). The molecule has 0 fully saturated rings. The Hall–Kier alpha value is -2.98. The number of rotatable bonds is 9. The van der Waals surface area contributed by atoms with Gasteiger partial charge in [-0.05, 0) is 83.6 Å². The normalized spacial score (nSPS) is 17.6. The minimum absolute atomic E-state index is 0.0856. The van der Waals surface area contributed by atoms with E-state index in [-0.39, 0.29) is 5.92 Å². The van der Waals surface area contributed by atoms with E-state index in [1.165, 1.54) is 0 Å². The zero-order chi connectivity index (χ0) is 26.6. The Morgan fingerprint density at radius 1 is 1.14 bits per heavy atom.